The molecule has 0 aliphatic carbocycles. The Hall–Kier alpha value is -2.25. The lowest BCUT2D eigenvalue weighted by atomic mass is 10.1. The number of carbonyl (C=O) groups excluding carboxylic acids is 2. The summed E-state index contributed by atoms with van der Waals surface area (Å²) in [5, 5.41) is 0. The van der Waals surface area contributed by atoms with Gasteiger partial charge < -0.3 is 14.5 Å². The standard InChI is InChI=1S/C16H21F3N2O3/c1-11-6-5-7-12(2)15(11)24-9-14(23)21(10-16(17,18)19)8-13(22)20(3)4/h5-7H,8-10H2,1-4H3. The van der Waals surface area contributed by atoms with E-state index in [4.69, 9.17) is 4.74 Å². The molecule has 1 aromatic rings. The van der Waals surface area contributed by atoms with Gasteiger partial charge in [0, 0.05) is 14.1 Å². The van der Waals surface area contributed by atoms with Crippen LogP contribution in [0.25, 0.3) is 0 Å². The lowest BCUT2D eigenvalue weighted by Gasteiger charge is -2.25. The predicted octanol–water partition coefficient (Wildman–Crippen LogP) is 2.16. The summed E-state index contributed by atoms with van der Waals surface area (Å²) in [5.74, 6) is -1.04. The topological polar surface area (TPSA) is 49.9 Å². The maximum absolute atomic E-state index is 12.6. The number of alkyl halides is 3. The van der Waals surface area contributed by atoms with Crippen LogP contribution in [0.2, 0.25) is 0 Å². The first kappa shape index (κ1) is 19.8. The molecule has 0 aliphatic rings. The Morgan fingerprint density at radius 3 is 2.08 bits per heavy atom. The van der Waals surface area contributed by atoms with Crippen molar-refractivity contribution in [3.63, 3.8) is 0 Å². The van der Waals surface area contributed by atoms with Gasteiger partial charge in [-0.1, -0.05) is 18.2 Å². The van der Waals surface area contributed by atoms with Crippen LogP contribution in [0.4, 0.5) is 13.2 Å². The van der Waals surface area contributed by atoms with E-state index in [1.54, 1.807) is 26.0 Å². The first-order valence-electron chi connectivity index (χ1n) is 7.25. The molecule has 0 radical (unpaired) electrons. The molecule has 0 N–H and O–H groups in total. The van der Waals surface area contributed by atoms with Gasteiger partial charge in [0.1, 0.15) is 18.8 Å². The van der Waals surface area contributed by atoms with Gasteiger partial charge in [-0.05, 0) is 25.0 Å². The second-order valence-corrected chi connectivity index (χ2v) is 5.66. The number of nitrogens with zero attached hydrogens (tertiary/aromatic N) is 2. The third-order valence-corrected chi connectivity index (χ3v) is 3.30. The van der Waals surface area contributed by atoms with Crippen molar-refractivity contribution in [2.75, 3.05) is 33.8 Å². The van der Waals surface area contributed by atoms with Crippen molar-refractivity contribution in [2.45, 2.75) is 20.0 Å². The monoisotopic (exact) mass is 346 g/mol. The van der Waals surface area contributed by atoms with E-state index in [0.717, 1.165) is 16.0 Å². The molecule has 134 valence electrons. The Morgan fingerprint density at radius 1 is 1.08 bits per heavy atom. The van der Waals surface area contributed by atoms with E-state index < -0.39 is 37.7 Å². The fourth-order valence-electron chi connectivity index (χ4n) is 2.01. The van der Waals surface area contributed by atoms with Crippen molar-refractivity contribution in [1.29, 1.82) is 0 Å². The van der Waals surface area contributed by atoms with Gasteiger partial charge in [0.25, 0.3) is 5.91 Å². The highest BCUT2D eigenvalue weighted by Gasteiger charge is 2.34. The van der Waals surface area contributed by atoms with Gasteiger partial charge in [-0.2, -0.15) is 13.2 Å². The number of carbonyl (C=O) groups is 2. The van der Waals surface area contributed by atoms with Gasteiger partial charge in [0.15, 0.2) is 6.61 Å². The Bertz CT molecular complexity index is 580. The summed E-state index contributed by atoms with van der Waals surface area (Å²) >= 11 is 0. The molecular formula is C16H21F3N2O3. The molecule has 0 saturated heterocycles. The summed E-state index contributed by atoms with van der Waals surface area (Å²) in [7, 11) is 2.82. The van der Waals surface area contributed by atoms with E-state index >= 15 is 0 Å². The maximum atomic E-state index is 12.6. The van der Waals surface area contributed by atoms with Gasteiger partial charge in [0.2, 0.25) is 5.91 Å². The summed E-state index contributed by atoms with van der Waals surface area (Å²) in [6.45, 7) is 0.831. The second kappa shape index (κ2) is 8.03. The van der Waals surface area contributed by atoms with Crippen LogP contribution >= 0.6 is 0 Å². The highest BCUT2D eigenvalue weighted by Crippen LogP contribution is 2.22. The molecule has 0 spiro atoms. The van der Waals surface area contributed by atoms with Crippen LogP contribution < -0.4 is 4.74 Å². The number of para-hydroxylation sites is 1. The summed E-state index contributed by atoms with van der Waals surface area (Å²) in [6, 6.07) is 5.36. The van der Waals surface area contributed by atoms with E-state index in [1.807, 2.05) is 6.07 Å². The van der Waals surface area contributed by atoms with Crippen molar-refractivity contribution in [2.24, 2.45) is 0 Å². The van der Waals surface area contributed by atoms with Crippen molar-refractivity contribution >= 4 is 11.8 Å². The highest BCUT2D eigenvalue weighted by atomic mass is 19.4. The average Bonchev–Trinajstić information content (AvgIpc) is 2.44. The number of hydrogen-bond donors (Lipinski definition) is 0. The third kappa shape index (κ3) is 6.10. The smallest absolute Gasteiger partial charge is 0.406 e. The van der Waals surface area contributed by atoms with Crippen molar-refractivity contribution in [3.05, 3.63) is 29.3 Å². The summed E-state index contributed by atoms with van der Waals surface area (Å²) in [6.07, 6.45) is -4.60. The largest absolute Gasteiger partial charge is 0.483 e. The highest BCUT2D eigenvalue weighted by molar-refractivity contribution is 5.85. The molecule has 0 fully saturated rings. The molecule has 0 atom stereocenters. The summed E-state index contributed by atoms with van der Waals surface area (Å²) in [5.41, 5.74) is 1.55. The minimum Gasteiger partial charge on any atom is -0.483 e. The Kier molecular flexibility index (Phi) is 6.62. The van der Waals surface area contributed by atoms with Crippen LogP contribution in [0.3, 0.4) is 0 Å². The number of aryl methyl sites for hydroxylation is 2. The van der Waals surface area contributed by atoms with Crippen LogP contribution in [0.15, 0.2) is 18.2 Å². The fourth-order valence-corrected chi connectivity index (χ4v) is 2.01. The number of halogens is 3. The van der Waals surface area contributed by atoms with Crippen LogP contribution in [-0.2, 0) is 9.59 Å². The summed E-state index contributed by atoms with van der Waals surface area (Å²) < 4.78 is 43.3. The molecule has 2 amide bonds. The number of amides is 2. The molecular weight excluding hydrogens is 325 g/mol. The molecule has 24 heavy (non-hydrogen) atoms. The minimum absolute atomic E-state index is 0.454. The molecule has 1 rings (SSSR count). The molecule has 0 aromatic heterocycles. The van der Waals surface area contributed by atoms with E-state index in [-0.39, 0.29) is 0 Å². The Morgan fingerprint density at radius 2 is 1.62 bits per heavy atom. The Balaban J connectivity index is 2.82. The van der Waals surface area contributed by atoms with Crippen LogP contribution in [0.5, 0.6) is 5.75 Å². The molecule has 0 heterocycles. The zero-order valence-corrected chi connectivity index (χ0v) is 14.1. The lowest BCUT2D eigenvalue weighted by Crippen LogP contribution is -2.46. The maximum Gasteiger partial charge on any atom is 0.406 e. The summed E-state index contributed by atoms with van der Waals surface area (Å²) in [4.78, 5) is 25.3. The zero-order chi connectivity index (χ0) is 18.5. The first-order chi connectivity index (χ1) is 11.0. The number of likely N-dealkylation sites (N-methyl/N-ethyl adjacent to an activating group) is 1. The molecule has 0 aliphatic heterocycles. The van der Waals surface area contributed by atoms with E-state index in [1.165, 1.54) is 14.1 Å². The first-order valence-corrected chi connectivity index (χ1v) is 7.25. The normalized spacial score (nSPS) is 11.1. The van der Waals surface area contributed by atoms with Gasteiger partial charge in [0.05, 0.1) is 0 Å². The van der Waals surface area contributed by atoms with E-state index in [9.17, 15) is 22.8 Å². The molecule has 0 bridgehead atoms. The molecule has 5 nitrogen and oxygen atoms in total. The van der Waals surface area contributed by atoms with Crippen LogP contribution in [0, 0.1) is 13.8 Å². The molecule has 0 saturated carbocycles. The van der Waals surface area contributed by atoms with Crippen molar-refractivity contribution in [3.8, 4) is 5.75 Å². The molecule has 8 heteroatoms. The quantitative estimate of drug-likeness (QED) is 0.793. The number of benzene rings is 1. The minimum atomic E-state index is -4.60. The molecule has 0 unspecified atom stereocenters. The van der Waals surface area contributed by atoms with Crippen molar-refractivity contribution < 1.29 is 27.5 Å². The molecule has 1 aromatic carbocycles. The zero-order valence-electron chi connectivity index (χ0n) is 14.1. The van der Waals surface area contributed by atoms with E-state index in [2.05, 4.69) is 0 Å². The number of rotatable bonds is 6. The van der Waals surface area contributed by atoms with Crippen LogP contribution in [-0.4, -0.2) is 61.6 Å². The van der Waals surface area contributed by atoms with Crippen LogP contribution in [0.1, 0.15) is 11.1 Å². The lowest BCUT2D eigenvalue weighted by molar-refractivity contribution is -0.165. The second-order valence-electron chi connectivity index (χ2n) is 5.66. The fraction of sp³-hybridized carbons (Fsp3) is 0.500. The van der Waals surface area contributed by atoms with Gasteiger partial charge in [-0.15, -0.1) is 0 Å². The van der Waals surface area contributed by atoms with Gasteiger partial charge in [-0.25, -0.2) is 0 Å². The van der Waals surface area contributed by atoms with E-state index in [0.29, 0.717) is 10.6 Å². The number of hydrogen-bond acceptors (Lipinski definition) is 3. The SMILES string of the molecule is Cc1cccc(C)c1OCC(=O)N(CC(=O)N(C)C)CC(F)(F)F. The average molecular weight is 346 g/mol. The third-order valence-electron chi connectivity index (χ3n) is 3.30. The van der Waals surface area contributed by atoms with Gasteiger partial charge in [-0.3, -0.25) is 9.59 Å². The number of ether oxygens (including phenoxy) is 1. The Labute approximate surface area is 139 Å². The van der Waals surface area contributed by atoms with Gasteiger partial charge >= 0.3 is 6.18 Å². The predicted molar refractivity (Wildman–Crippen MR) is 82.7 cm³/mol. The van der Waals surface area contributed by atoms with Crippen molar-refractivity contribution in [1.82, 2.24) is 9.80 Å².